The van der Waals surface area contributed by atoms with E-state index in [0.717, 1.165) is 44.3 Å². The molecule has 0 spiro atoms. The highest BCUT2D eigenvalue weighted by molar-refractivity contribution is 6.30. The first-order valence-electron chi connectivity index (χ1n) is 10.5. The standard InChI is InChI=1S/C23H31ClN2O3/c1-29-17-16-26-13-3-2-4-21(23(26)28)19-11-14-25(15-12-19)22(27)10-7-18-5-8-20(24)9-6-18/h2-3,5-6,8-9,19,21H,4,7,10-17H2,1H3/t21-/m0/s1. The van der Waals surface area contributed by atoms with Gasteiger partial charge in [-0.1, -0.05) is 35.9 Å². The minimum Gasteiger partial charge on any atom is -0.383 e. The highest BCUT2D eigenvalue weighted by Crippen LogP contribution is 2.31. The van der Waals surface area contributed by atoms with Crippen LogP contribution in [0.2, 0.25) is 5.02 Å². The first-order chi connectivity index (χ1) is 14.1. The number of halogens is 1. The maximum atomic E-state index is 13.0. The lowest BCUT2D eigenvalue weighted by Crippen LogP contribution is -2.44. The fraction of sp³-hybridized carbons (Fsp3) is 0.565. The summed E-state index contributed by atoms with van der Waals surface area (Å²) in [4.78, 5) is 29.5. The molecule has 0 bridgehead atoms. The number of hydrogen-bond donors (Lipinski definition) is 0. The second kappa shape index (κ2) is 10.8. The van der Waals surface area contributed by atoms with Crippen molar-refractivity contribution < 1.29 is 14.3 Å². The molecule has 0 aromatic heterocycles. The van der Waals surface area contributed by atoms with Crippen LogP contribution in [-0.4, -0.2) is 61.5 Å². The lowest BCUT2D eigenvalue weighted by atomic mass is 9.81. The molecule has 2 amide bonds. The van der Waals surface area contributed by atoms with Crippen molar-refractivity contribution in [3.05, 3.63) is 47.0 Å². The predicted octanol–water partition coefficient (Wildman–Crippen LogP) is 3.56. The van der Waals surface area contributed by atoms with Crippen LogP contribution in [0.5, 0.6) is 0 Å². The summed E-state index contributed by atoms with van der Waals surface area (Å²) < 4.78 is 5.15. The molecule has 0 radical (unpaired) electrons. The van der Waals surface area contributed by atoms with E-state index in [2.05, 4.69) is 12.2 Å². The topological polar surface area (TPSA) is 49.9 Å². The van der Waals surface area contributed by atoms with Crippen LogP contribution in [0.15, 0.2) is 36.4 Å². The van der Waals surface area contributed by atoms with Crippen LogP contribution in [-0.2, 0) is 20.7 Å². The Balaban J connectivity index is 1.48. The molecule has 0 unspecified atom stereocenters. The first kappa shape index (κ1) is 21.8. The molecule has 2 aliphatic heterocycles. The van der Waals surface area contributed by atoms with Crippen LogP contribution >= 0.6 is 11.6 Å². The van der Waals surface area contributed by atoms with Crippen LogP contribution < -0.4 is 0 Å². The number of amides is 2. The summed E-state index contributed by atoms with van der Waals surface area (Å²) in [5.74, 6) is 0.805. The number of allylic oxidation sites excluding steroid dienone is 1. The summed E-state index contributed by atoms with van der Waals surface area (Å²) >= 11 is 5.92. The van der Waals surface area contributed by atoms with E-state index in [4.69, 9.17) is 16.3 Å². The molecule has 29 heavy (non-hydrogen) atoms. The highest BCUT2D eigenvalue weighted by atomic mass is 35.5. The molecule has 1 aromatic carbocycles. The second-order valence-corrected chi connectivity index (χ2v) is 8.37. The molecule has 1 aromatic rings. The summed E-state index contributed by atoms with van der Waals surface area (Å²) in [5.41, 5.74) is 1.13. The van der Waals surface area contributed by atoms with Gasteiger partial charge in [0, 0.05) is 50.7 Å². The lowest BCUT2D eigenvalue weighted by Gasteiger charge is -2.36. The van der Waals surface area contributed by atoms with Crippen molar-refractivity contribution in [2.75, 3.05) is 39.9 Å². The molecule has 1 fully saturated rings. The molecule has 3 rings (SSSR count). The Morgan fingerprint density at radius 3 is 2.59 bits per heavy atom. The Hall–Kier alpha value is -1.85. The Labute approximate surface area is 178 Å². The summed E-state index contributed by atoms with van der Waals surface area (Å²) in [5, 5.41) is 0.714. The number of rotatable bonds is 7. The van der Waals surface area contributed by atoms with E-state index in [1.54, 1.807) is 7.11 Å². The zero-order chi connectivity index (χ0) is 20.6. The third-order valence-corrected chi connectivity index (χ3v) is 6.33. The number of aryl methyl sites for hydroxylation is 1. The van der Waals surface area contributed by atoms with Crippen molar-refractivity contribution in [3.63, 3.8) is 0 Å². The maximum Gasteiger partial charge on any atom is 0.226 e. The number of carbonyl (C=O) groups is 2. The van der Waals surface area contributed by atoms with Gasteiger partial charge in [0.15, 0.2) is 0 Å². The quantitative estimate of drug-likeness (QED) is 0.636. The van der Waals surface area contributed by atoms with Crippen molar-refractivity contribution in [1.29, 1.82) is 0 Å². The smallest absolute Gasteiger partial charge is 0.226 e. The second-order valence-electron chi connectivity index (χ2n) is 7.94. The Morgan fingerprint density at radius 1 is 1.17 bits per heavy atom. The normalized spacial score (nSPS) is 20.8. The van der Waals surface area contributed by atoms with Gasteiger partial charge in [0.1, 0.15) is 0 Å². The number of benzene rings is 1. The molecule has 2 heterocycles. The molecule has 1 saturated heterocycles. The van der Waals surface area contributed by atoms with Gasteiger partial charge in [0.25, 0.3) is 0 Å². The third-order valence-electron chi connectivity index (χ3n) is 6.08. The Morgan fingerprint density at radius 2 is 1.90 bits per heavy atom. The largest absolute Gasteiger partial charge is 0.383 e. The van der Waals surface area contributed by atoms with E-state index in [1.165, 1.54) is 0 Å². The summed E-state index contributed by atoms with van der Waals surface area (Å²) in [6.07, 6.45) is 8.07. The number of ether oxygens (including phenoxy) is 1. The Kier molecular flexibility index (Phi) is 8.13. The van der Waals surface area contributed by atoms with Gasteiger partial charge in [-0.25, -0.2) is 0 Å². The minimum absolute atomic E-state index is 0.0249. The maximum absolute atomic E-state index is 13.0. The predicted molar refractivity (Wildman–Crippen MR) is 115 cm³/mol. The molecule has 6 heteroatoms. The van der Waals surface area contributed by atoms with Crippen molar-refractivity contribution in [2.24, 2.45) is 11.8 Å². The average molecular weight is 419 g/mol. The molecule has 158 valence electrons. The number of carbonyl (C=O) groups excluding carboxylic acids is 2. The zero-order valence-corrected chi connectivity index (χ0v) is 17.9. The monoisotopic (exact) mass is 418 g/mol. The van der Waals surface area contributed by atoms with Gasteiger partial charge in [-0.3, -0.25) is 9.59 Å². The van der Waals surface area contributed by atoms with E-state index in [0.29, 0.717) is 37.1 Å². The van der Waals surface area contributed by atoms with Gasteiger partial charge in [-0.05, 0) is 49.3 Å². The summed E-state index contributed by atoms with van der Waals surface area (Å²) in [6.45, 7) is 3.36. The van der Waals surface area contributed by atoms with Crippen LogP contribution in [0, 0.1) is 11.8 Å². The molecule has 2 aliphatic rings. The van der Waals surface area contributed by atoms with Gasteiger partial charge in [-0.2, -0.15) is 0 Å². The molecular weight excluding hydrogens is 388 g/mol. The third kappa shape index (κ3) is 6.06. The van der Waals surface area contributed by atoms with Crippen molar-refractivity contribution in [1.82, 2.24) is 9.80 Å². The van der Waals surface area contributed by atoms with E-state index in [1.807, 2.05) is 34.1 Å². The molecular formula is C23H31ClN2O3. The zero-order valence-electron chi connectivity index (χ0n) is 17.2. The molecule has 1 atom stereocenters. The van der Waals surface area contributed by atoms with Crippen molar-refractivity contribution >= 4 is 23.4 Å². The molecule has 0 saturated carbocycles. The van der Waals surface area contributed by atoms with Crippen LogP contribution in [0.1, 0.15) is 31.2 Å². The van der Waals surface area contributed by atoms with Gasteiger partial charge in [0.05, 0.1) is 6.61 Å². The fourth-order valence-electron chi connectivity index (χ4n) is 4.28. The van der Waals surface area contributed by atoms with Crippen molar-refractivity contribution in [2.45, 2.75) is 32.1 Å². The summed E-state index contributed by atoms with van der Waals surface area (Å²) in [7, 11) is 1.66. The first-order valence-corrected chi connectivity index (χ1v) is 10.9. The van der Waals surface area contributed by atoms with Crippen LogP contribution in [0.25, 0.3) is 0 Å². The number of nitrogens with zero attached hydrogens (tertiary/aromatic N) is 2. The SMILES string of the molecule is COCCN1CC=CC[C@@H](C2CCN(C(=O)CCc3ccc(Cl)cc3)CC2)C1=O. The molecule has 0 N–H and O–H groups in total. The van der Waals surface area contributed by atoms with E-state index in [-0.39, 0.29) is 17.7 Å². The number of likely N-dealkylation sites (tertiary alicyclic amines) is 1. The lowest BCUT2D eigenvalue weighted by molar-refractivity contribution is -0.138. The van der Waals surface area contributed by atoms with Crippen LogP contribution in [0.3, 0.4) is 0 Å². The number of hydrogen-bond acceptors (Lipinski definition) is 3. The Bertz CT molecular complexity index is 711. The highest BCUT2D eigenvalue weighted by Gasteiger charge is 2.34. The van der Waals surface area contributed by atoms with E-state index < -0.39 is 0 Å². The number of piperidine rings is 1. The molecule has 0 aliphatic carbocycles. The van der Waals surface area contributed by atoms with Gasteiger partial charge in [0.2, 0.25) is 11.8 Å². The van der Waals surface area contributed by atoms with Crippen molar-refractivity contribution in [3.8, 4) is 0 Å². The number of methoxy groups -OCH3 is 1. The minimum atomic E-state index is 0.0249. The fourth-order valence-corrected chi connectivity index (χ4v) is 4.40. The van der Waals surface area contributed by atoms with E-state index in [9.17, 15) is 9.59 Å². The van der Waals surface area contributed by atoms with Gasteiger partial charge in [-0.15, -0.1) is 0 Å². The van der Waals surface area contributed by atoms with Gasteiger partial charge >= 0.3 is 0 Å². The van der Waals surface area contributed by atoms with Crippen LogP contribution in [0.4, 0.5) is 0 Å². The molecule has 5 nitrogen and oxygen atoms in total. The van der Waals surface area contributed by atoms with E-state index >= 15 is 0 Å². The summed E-state index contributed by atoms with van der Waals surface area (Å²) in [6, 6.07) is 7.67. The average Bonchev–Trinajstić information content (AvgIpc) is 2.93. The van der Waals surface area contributed by atoms with Gasteiger partial charge < -0.3 is 14.5 Å².